The van der Waals surface area contributed by atoms with Gasteiger partial charge in [0, 0.05) is 14.3 Å². The van der Waals surface area contributed by atoms with Crippen molar-refractivity contribution >= 4 is 42.3 Å². The second kappa shape index (κ2) is 4.68. The van der Waals surface area contributed by atoms with Gasteiger partial charge in [0.1, 0.15) is 0 Å². The molecule has 0 amide bonds. The predicted molar refractivity (Wildman–Crippen MR) is 66.3 cm³/mol. The van der Waals surface area contributed by atoms with Crippen LogP contribution in [-0.4, -0.2) is 8.42 Å². The Kier molecular flexibility index (Phi) is 3.98. The van der Waals surface area contributed by atoms with E-state index >= 15 is 0 Å². The number of benzene rings is 1. The van der Waals surface area contributed by atoms with Crippen LogP contribution in [0.1, 0.15) is 18.1 Å². The lowest BCUT2D eigenvalue weighted by molar-refractivity contribution is 0.609. The topological polar surface area (TPSA) is 57.9 Å². The van der Waals surface area contributed by atoms with Crippen LogP contribution in [0.15, 0.2) is 17.0 Å². The summed E-state index contributed by atoms with van der Waals surface area (Å²) in [6.07, 6.45) is 0.596. The van der Waals surface area contributed by atoms with Crippen LogP contribution in [0.5, 0.6) is 0 Å². The van der Waals surface area contributed by atoms with E-state index < -0.39 is 9.05 Å². The van der Waals surface area contributed by atoms with Crippen molar-refractivity contribution in [1.29, 1.82) is 5.26 Å². The molecule has 0 saturated heterocycles. The van der Waals surface area contributed by atoms with Gasteiger partial charge in [0.2, 0.25) is 0 Å². The molecule has 3 nitrogen and oxygen atoms in total. The highest BCUT2D eigenvalue weighted by atomic mass is 127. The second-order valence-corrected chi connectivity index (χ2v) is 6.54. The largest absolute Gasteiger partial charge is 0.262 e. The maximum Gasteiger partial charge on any atom is 0.262 e. The fraction of sp³-hybridized carbons (Fsp3) is 0.222. The SMILES string of the molecule is CCc1cc(S(=O)(=O)Cl)c(I)cc1C#N. The molecule has 1 aromatic rings. The second-order valence-electron chi connectivity index (χ2n) is 2.84. The Labute approximate surface area is 107 Å². The zero-order valence-electron chi connectivity index (χ0n) is 7.79. The van der Waals surface area contributed by atoms with Crippen LogP contribution in [0.3, 0.4) is 0 Å². The van der Waals surface area contributed by atoms with E-state index in [1.165, 1.54) is 12.1 Å². The molecule has 0 fully saturated rings. The Morgan fingerprint density at radius 1 is 1.53 bits per heavy atom. The van der Waals surface area contributed by atoms with E-state index in [2.05, 4.69) is 0 Å². The number of hydrogen-bond donors (Lipinski definition) is 0. The molecule has 1 rings (SSSR count). The highest BCUT2D eigenvalue weighted by Crippen LogP contribution is 2.25. The first kappa shape index (κ1) is 12.7. The molecular weight excluding hydrogens is 349 g/mol. The molecule has 0 atom stereocenters. The highest BCUT2D eigenvalue weighted by molar-refractivity contribution is 14.1. The molecule has 0 radical (unpaired) electrons. The summed E-state index contributed by atoms with van der Waals surface area (Å²) in [7, 11) is 1.54. The zero-order chi connectivity index (χ0) is 11.6. The van der Waals surface area contributed by atoms with Crippen LogP contribution in [0.2, 0.25) is 0 Å². The molecule has 1 aromatic carbocycles. The zero-order valence-corrected chi connectivity index (χ0v) is 11.5. The van der Waals surface area contributed by atoms with Gasteiger partial charge in [-0.15, -0.1) is 0 Å². The molecule has 0 saturated carbocycles. The quantitative estimate of drug-likeness (QED) is 0.605. The first-order valence-electron chi connectivity index (χ1n) is 4.07. The summed E-state index contributed by atoms with van der Waals surface area (Å²) in [5.41, 5.74) is 1.18. The van der Waals surface area contributed by atoms with Gasteiger partial charge in [-0.2, -0.15) is 5.26 Å². The van der Waals surface area contributed by atoms with E-state index in [9.17, 15) is 8.42 Å². The predicted octanol–water partition coefficient (Wildman–Crippen LogP) is 2.65. The van der Waals surface area contributed by atoms with Crippen LogP contribution in [-0.2, 0) is 15.5 Å². The average Bonchev–Trinajstić information content (AvgIpc) is 2.15. The van der Waals surface area contributed by atoms with Crippen molar-refractivity contribution in [2.45, 2.75) is 18.2 Å². The molecule has 15 heavy (non-hydrogen) atoms. The Morgan fingerprint density at radius 3 is 2.53 bits per heavy atom. The van der Waals surface area contributed by atoms with E-state index in [0.29, 0.717) is 21.1 Å². The summed E-state index contributed by atoms with van der Waals surface area (Å²) in [6.45, 7) is 1.85. The van der Waals surface area contributed by atoms with Gasteiger partial charge >= 0.3 is 0 Å². The van der Waals surface area contributed by atoms with Gasteiger partial charge in [0.05, 0.1) is 16.5 Å². The van der Waals surface area contributed by atoms with E-state index in [4.69, 9.17) is 15.9 Å². The van der Waals surface area contributed by atoms with E-state index in [-0.39, 0.29) is 4.90 Å². The van der Waals surface area contributed by atoms with Gasteiger partial charge in [0.15, 0.2) is 0 Å². The fourth-order valence-electron chi connectivity index (χ4n) is 1.18. The molecule has 0 aliphatic heterocycles. The Balaban J connectivity index is 3.55. The van der Waals surface area contributed by atoms with Crippen molar-refractivity contribution in [1.82, 2.24) is 0 Å². The maximum atomic E-state index is 11.2. The van der Waals surface area contributed by atoms with Gasteiger partial charge in [-0.3, -0.25) is 0 Å². The van der Waals surface area contributed by atoms with Gasteiger partial charge in [-0.1, -0.05) is 6.92 Å². The Hall–Kier alpha value is -0.320. The van der Waals surface area contributed by atoms with Gasteiger partial charge in [-0.05, 0) is 46.7 Å². The summed E-state index contributed by atoms with van der Waals surface area (Å²) in [5.74, 6) is 0. The average molecular weight is 356 g/mol. The van der Waals surface area contributed by atoms with Crippen molar-refractivity contribution in [3.05, 3.63) is 26.8 Å². The molecule has 0 heterocycles. The Morgan fingerprint density at radius 2 is 2.13 bits per heavy atom. The van der Waals surface area contributed by atoms with Crippen LogP contribution < -0.4 is 0 Å². The summed E-state index contributed by atoms with van der Waals surface area (Å²) in [4.78, 5) is 0.0700. The molecule has 6 heteroatoms. The smallest absolute Gasteiger partial charge is 0.207 e. The molecule has 0 aliphatic carbocycles. The van der Waals surface area contributed by atoms with Crippen LogP contribution in [0.4, 0.5) is 0 Å². The van der Waals surface area contributed by atoms with Crippen LogP contribution in [0.25, 0.3) is 0 Å². The molecule has 0 spiro atoms. The van der Waals surface area contributed by atoms with Crippen molar-refractivity contribution in [2.24, 2.45) is 0 Å². The van der Waals surface area contributed by atoms with Crippen LogP contribution in [0, 0.1) is 14.9 Å². The van der Waals surface area contributed by atoms with E-state index in [0.717, 1.165) is 0 Å². The summed E-state index contributed by atoms with van der Waals surface area (Å²) < 4.78 is 22.9. The standard InChI is InChI=1S/C9H7ClINO2S/c1-2-6-4-9(15(10,13)14)8(11)3-7(6)5-12/h3-4H,2H2,1H3. The fourth-order valence-corrected chi connectivity index (χ4v) is 3.86. The Bertz CT molecular complexity index is 534. The molecule has 0 N–H and O–H groups in total. The maximum absolute atomic E-state index is 11.2. The minimum absolute atomic E-state index is 0.0700. The lowest BCUT2D eigenvalue weighted by atomic mass is 10.1. The van der Waals surface area contributed by atoms with Crippen molar-refractivity contribution in [3.8, 4) is 6.07 Å². The van der Waals surface area contributed by atoms with Crippen molar-refractivity contribution in [2.75, 3.05) is 0 Å². The van der Waals surface area contributed by atoms with Crippen LogP contribution >= 0.6 is 33.3 Å². The number of nitriles is 1. The molecule has 80 valence electrons. The summed E-state index contributed by atoms with van der Waals surface area (Å²) in [6, 6.07) is 5.02. The minimum Gasteiger partial charge on any atom is -0.207 e. The third-order valence-corrected chi connectivity index (χ3v) is 4.54. The summed E-state index contributed by atoms with van der Waals surface area (Å²) in [5, 5.41) is 8.83. The third kappa shape index (κ3) is 2.83. The third-order valence-electron chi connectivity index (χ3n) is 1.92. The molecule has 0 bridgehead atoms. The first-order chi connectivity index (χ1) is 6.90. The number of hydrogen-bond acceptors (Lipinski definition) is 3. The van der Waals surface area contributed by atoms with Gasteiger partial charge in [-0.25, -0.2) is 8.42 Å². The number of nitrogens with zero attached hydrogens (tertiary/aromatic N) is 1. The molecule has 0 aliphatic rings. The monoisotopic (exact) mass is 355 g/mol. The number of halogens is 2. The lowest BCUT2D eigenvalue weighted by Crippen LogP contribution is -1.99. The van der Waals surface area contributed by atoms with E-state index in [1.807, 2.05) is 35.6 Å². The van der Waals surface area contributed by atoms with Gasteiger partial charge in [0.25, 0.3) is 9.05 Å². The molecule has 0 unspecified atom stereocenters. The summed E-state index contributed by atoms with van der Waals surface area (Å²) >= 11 is 1.85. The lowest BCUT2D eigenvalue weighted by Gasteiger charge is -2.05. The highest BCUT2D eigenvalue weighted by Gasteiger charge is 2.16. The van der Waals surface area contributed by atoms with Crippen molar-refractivity contribution < 1.29 is 8.42 Å². The first-order valence-corrected chi connectivity index (χ1v) is 7.46. The van der Waals surface area contributed by atoms with E-state index in [1.54, 1.807) is 0 Å². The number of aryl methyl sites for hydroxylation is 1. The van der Waals surface area contributed by atoms with Crippen molar-refractivity contribution in [3.63, 3.8) is 0 Å². The van der Waals surface area contributed by atoms with Gasteiger partial charge < -0.3 is 0 Å². The minimum atomic E-state index is -3.74. The molecular formula is C9H7ClINO2S. The number of rotatable bonds is 2. The molecule has 0 aromatic heterocycles. The normalized spacial score (nSPS) is 11.1.